The number of H-pyrrole nitrogens is 1. The van der Waals surface area contributed by atoms with Crippen LogP contribution >= 0.6 is 0 Å². The van der Waals surface area contributed by atoms with Gasteiger partial charge in [-0.2, -0.15) is 5.26 Å². The molecule has 0 aliphatic heterocycles. The van der Waals surface area contributed by atoms with E-state index in [1.807, 2.05) is 6.07 Å². The fraction of sp³-hybridized carbons (Fsp3) is 0.500. The van der Waals surface area contributed by atoms with Gasteiger partial charge in [-0.1, -0.05) is 13.3 Å². The van der Waals surface area contributed by atoms with E-state index < -0.39 is 0 Å². The molecule has 0 unspecified atom stereocenters. The Balaban J connectivity index is 2.63. The second-order valence-electron chi connectivity index (χ2n) is 2.45. The van der Waals surface area contributed by atoms with E-state index in [9.17, 15) is 0 Å². The van der Waals surface area contributed by atoms with E-state index in [0.29, 0.717) is 5.69 Å². The second kappa shape index (κ2) is 3.77. The monoisotopic (exact) mass is 149 g/mol. The van der Waals surface area contributed by atoms with Crippen molar-refractivity contribution in [3.8, 4) is 6.07 Å². The molecule has 1 heterocycles. The van der Waals surface area contributed by atoms with Crippen molar-refractivity contribution in [2.24, 2.45) is 0 Å². The molecule has 0 aliphatic rings. The minimum absolute atomic E-state index is 0.540. The zero-order chi connectivity index (χ0) is 8.10. The molecule has 0 bridgehead atoms. The van der Waals surface area contributed by atoms with Gasteiger partial charge in [-0.05, 0) is 12.8 Å². The molecule has 3 heteroatoms. The fourth-order valence-corrected chi connectivity index (χ4v) is 0.961. The number of imidazole rings is 1. The van der Waals surface area contributed by atoms with Gasteiger partial charge in [0.15, 0.2) is 5.69 Å². The van der Waals surface area contributed by atoms with Crippen LogP contribution in [0.5, 0.6) is 0 Å². The van der Waals surface area contributed by atoms with Gasteiger partial charge in [0.2, 0.25) is 0 Å². The van der Waals surface area contributed by atoms with E-state index in [1.54, 1.807) is 6.33 Å². The molecule has 0 atom stereocenters. The number of aromatic nitrogens is 2. The van der Waals surface area contributed by atoms with Gasteiger partial charge >= 0.3 is 0 Å². The van der Waals surface area contributed by atoms with E-state index in [4.69, 9.17) is 5.26 Å². The van der Waals surface area contributed by atoms with Crippen molar-refractivity contribution in [1.29, 1.82) is 5.26 Å². The van der Waals surface area contributed by atoms with E-state index in [1.165, 1.54) is 0 Å². The van der Waals surface area contributed by atoms with Gasteiger partial charge in [0, 0.05) is 0 Å². The third kappa shape index (κ3) is 1.81. The molecular weight excluding hydrogens is 138 g/mol. The molecule has 11 heavy (non-hydrogen) atoms. The Morgan fingerprint density at radius 3 is 3.18 bits per heavy atom. The van der Waals surface area contributed by atoms with Crippen LogP contribution in [0.4, 0.5) is 0 Å². The average molecular weight is 149 g/mol. The maximum Gasteiger partial charge on any atom is 0.161 e. The van der Waals surface area contributed by atoms with Crippen molar-refractivity contribution in [3.05, 3.63) is 17.7 Å². The lowest BCUT2D eigenvalue weighted by molar-refractivity contribution is 0.779. The summed E-state index contributed by atoms with van der Waals surface area (Å²) in [5.41, 5.74) is 1.51. The number of hydrogen-bond acceptors (Lipinski definition) is 2. The molecule has 1 rings (SSSR count). The van der Waals surface area contributed by atoms with Gasteiger partial charge in [0.05, 0.1) is 12.0 Å². The lowest BCUT2D eigenvalue weighted by Crippen LogP contribution is -1.88. The SMILES string of the molecule is CCCCc1[nH]cnc1C#N. The Morgan fingerprint density at radius 2 is 2.55 bits per heavy atom. The normalized spacial score (nSPS) is 9.45. The highest BCUT2D eigenvalue weighted by molar-refractivity contribution is 5.25. The highest BCUT2D eigenvalue weighted by atomic mass is 14.9. The van der Waals surface area contributed by atoms with Crippen LogP contribution in [0.25, 0.3) is 0 Å². The standard InChI is InChI=1S/C8H11N3/c1-2-3-4-7-8(5-9)11-6-10-7/h6H,2-4H2,1H3,(H,10,11). The minimum Gasteiger partial charge on any atom is -0.347 e. The zero-order valence-corrected chi connectivity index (χ0v) is 6.59. The predicted octanol–water partition coefficient (Wildman–Crippen LogP) is 1.62. The first-order valence-corrected chi connectivity index (χ1v) is 3.80. The van der Waals surface area contributed by atoms with Gasteiger partial charge in [-0.25, -0.2) is 4.98 Å². The van der Waals surface area contributed by atoms with E-state index in [2.05, 4.69) is 16.9 Å². The Kier molecular flexibility index (Phi) is 2.67. The third-order valence-electron chi connectivity index (χ3n) is 1.60. The lowest BCUT2D eigenvalue weighted by Gasteiger charge is -1.93. The molecule has 0 aliphatic carbocycles. The molecule has 3 nitrogen and oxygen atoms in total. The Morgan fingerprint density at radius 1 is 1.73 bits per heavy atom. The van der Waals surface area contributed by atoms with Gasteiger partial charge in [0.25, 0.3) is 0 Å². The highest BCUT2D eigenvalue weighted by Gasteiger charge is 2.01. The zero-order valence-electron chi connectivity index (χ0n) is 6.59. The second-order valence-corrected chi connectivity index (χ2v) is 2.45. The number of hydrogen-bond donors (Lipinski definition) is 1. The van der Waals surface area contributed by atoms with Crippen LogP contribution in [-0.2, 0) is 6.42 Å². The van der Waals surface area contributed by atoms with Crippen LogP contribution in [0.15, 0.2) is 6.33 Å². The van der Waals surface area contributed by atoms with Crippen molar-refractivity contribution < 1.29 is 0 Å². The highest BCUT2D eigenvalue weighted by Crippen LogP contribution is 2.05. The predicted molar refractivity (Wildman–Crippen MR) is 41.9 cm³/mol. The summed E-state index contributed by atoms with van der Waals surface area (Å²) in [5, 5.41) is 8.57. The first-order chi connectivity index (χ1) is 5.38. The van der Waals surface area contributed by atoms with Crippen LogP contribution in [0, 0.1) is 11.3 Å². The van der Waals surface area contributed by atoms with Crippen LogP contribution in [-0.4, -0.2) is 9.97 Å². The van der Waals surface area contributed by atoms with Gasteiger partial charge in [-0.3, -0.25) is 0 Å². The summed E-state index contributed by atoms with van der Waals surface area (Å²) in [5.74, 6) is 0. The molecule has 0 saturated carbocycles. The van der Waals surface area contributed by atoms with Crippen molar-refractivity contribution in [2.45, 2.75) is 26.2 Å². The van der Waals surface area contributed by atoms with Crippen LogP contribution < -0.4 is 0 Å². The van der Waals surface area contributed by atoms with Gasteiger partial charge in [-0.15, -0.1) is 0 Å². The molecule has 1 aromatic rings. The quantitative estimate of drug-likeness (QED) is 0.710. The Labute approximate surface area is 66.1 Å². The largest absolute Gasteiger partial charge is 0.347 e. The van der Waals surface area contributed by atoms with Crippen molar-refractivity contribution in [2.75, 3.05) is 0 Å². The molecule has 1 aromatic heterocycles. The van der Waals surface area contributed by atoms with Gasteiger partial charge in [0.1, 0.15) is 6.07 Å². The minimum atomic E-state index is 0.540. The molecule has 0 saturated heterocycles. The maximum absolute atomic E-state index is 8.57. The summed E-state index contributed by atoms with van der Waals surface area (Å²) in [7, 11) is 0. The topological polar surface area (TPSA) is 52.5 Å². The summed E-state index contributed by atoms with van der Waals surface area (Å²) in [6, 6.07) is 2.04. The van der Waals surface area contributed by atoms with Crippen molar-refractivity contribution in [3.63, 3.8) is 0 Å². The summed E-state index contributed by atoms with van der Waals surface area (Å²) in [6.45, 7) is 2.13. The van der Waals surface area contributed by atoms with Crippen LogP contribution in [0.1, 0.15) is 31.2 Å². The number of unbranched alkanes of at least 4 members (excludes halogenated alkanes) is 1. The number of rotatable bonds is 3. The maximum atomic E-state index is 8.57. The van der Waals surface area contributed by atoms with Crippen molar-refractivity contribution >= 4 is 0 Å². The van der Waals surface area contributed by atoms with Crippen LogP contribution in [0.3, 0.4) is 0 Å². The summed E-state index contributed by atoms with van der Waals surface area (Å²) < 4.78 is 0. The third-order valence-corrected chi connectivity index (χ3v) is 1.60. The number of nitrogens with zero attached hydrogens (tertiary/aromatic N) is 2. The van der Waals surface area contributed by atoms with E-state index in [-0.39, 0.29) is 0 Å². The number of nitrogens with one attached hydrogen (secondary N) is 1. The number of aromatic amines is 1. The molecule has 0 spiro atoms. The fourth-order valence-electron chi connectivity index (χ4n) is 0.961. The van der Waals surface area contributed by atoms with Gasteiger partial charge < -0.3 is 4.98 Å². The molecule has 0 aromatic carbocycles. The average Bonchev–Trinajstić information content (AvgIpc) is 2.47. The smallest absolute Gasteiger partial charge is 0.161 e. The van der Waals surface area contributed by atoms with Crippen LogP contribution in [0.2, 0.25) is 0 Å². The summed E-state index contributed by atoms with van der Waals surface area (Å²) in [4.78, 5) is 6.83. The molecule has 0 amide bonds. The summed E-state index contributed by atoms with van der Waals surface area (Å²) in [6.07, 6.45) is 4.75. The molecule has 1 N–H and O–H groups in total. The molecular formula is C8H11N3. The lowest BCUT2D eigenvalue weighted by atomic mass is 10.2. The number of aryl methyl sites for hydroxylation is 1. The van der Waals surface area contributed by atoms with Crippen molar-refractivity contribution in [1.82, 2.24) is 9.97 Å². The number of nitriles is 1. The first-order valence-electron chi connectivity index (χ1n) is 3.80. The Hall–Kier alpha value is -1.30. The molecule has 0 radical (unpaired) electrons. The Bertz CT molecular complexity index is 257. The first kappa shape index (κ1) is 7.80. The van der Waals surface area contributed by atoms with E-state index >= 15 is 0 Å². The molecule has 58 valence electrons. The summed E-state index contributed by atoms with van der Waals surface area (Å²) >= 11 is 0. The molecule has 0 fully saturated rings. The van der Waals surface area contributed by atoms with E-state index in [0.717, 1.165) is 25.0 Å².